The molecule has 0 saturated carbocycles. The lowest BCUT2D eigenvalue weighted by Crippen LogP contribution is -2.28. The van der Waals surface area contributed by atoms with Crippen molar-refractivity contribution in [2.75, 3.05) is 18.6 Å². The monoisotopic (exact) mass is 285 g/mol. The van der Waals surface area contributed by atoms with Crippen LogP contribution in [-0.2, 0) is 23.3 Å². The highest BCUT2D eigenvalue weighted by Gasteiger charge is 2.29. The van der Waals surface area contributed by atoms with Gasteiger partial charge in [0.15, 0.2) is 9.84 Å². The first-order valence-corrected chi connectivity index (χ1v) is 8.66. The fourth-order valence-electron chi connectivity index (χ4n) is 2.78. The van der Waals surface area contributed by atoms with Gasteiger partial charge in [-0.1, -0.05) is 0 Å². The van der Waals surface area contributed by atoms with Gasteiger partial charge in [-0.3, -0.25) is 4.68 Å². The van der Waals surface area contributed by atoms with E-state index in [9.17, 15) is 8.42 Å². The number of rotatable bonds is 6. The van der Waals surface area contributed by atoms with E-state index in [-0.39, 0.29) is 0 Å². The van der Waals surface area contributed by atoms with Crippen LogP contribution in [0.2, 0.25) is 0 Å². The molecule has 2 rings (SSSR count). The number of nitrogens with zero attached hydrogens (tertiary/aromatic N) is 2. The zero-order valence-corrected chi connectivity index (χ0v) is 12.5. The van der Waals surface area contributed by atoms with Crippen LogP contribution in [0.5, 0.6) is 0 Å². The standard InChI is InChI=1S/C13H23N3O2S/c1-14-13(4-3-12-8-15-16(2)9-12)7-11-5-6-19(17,18)10-11/h8-9,11,13-14H,3-7,10H2,1-2H3. The fourth-order valence-corrected chi connectivity index (χ4v) is 4.66. The summed E-state index contributed by atoms with van der Waals surface area (Å²) in [4.78, 5) is 0. The molecule has 1 N–H and O–H groups in total. The van der Waals surface area contributed by atoms with Crippen molar-refractivity contribution in [2.24, 2.45) is 13.0 Å². The molecule has 1 fully saturated rings. The number of sulfone groups is 1. The normalized spacial score (nSPS) is 23.6. The molecule has 19 heavy (non-hydrogen) atoms. The summed E-state index contributed by atoms with van der Waals surface area (Å²) in [6.07, 6.45) is 7.72. The van der Waals surface area contributed by atoms with Crippen molar-refractivity contribution in [1.82, 2.24) is 15.1 Å². The van der Waals surface area contributed by atoms with Crippen molar-refractivity contribution >= 4 is 9.84 Å². The molecule has 1 aromatic heterocycles. The maximum atomic E-state index is 11.5. The number of hydrogen-bond acceptors (Lipinski definition) is 4. The first-order chi connectivity index (χ1) is 8.98. The number of nitrogens with one attached hydrogen (secondary N) is 1. The van der Waals surface area contributed by atoms with Crippen LogP contribution in [0.3, 0.4) is 0 Å². The summed E-state index contributed by atoms with van der Waals surface area (Å²) in [6, 6.07) is 0.388. The van der Waals surface area contributed by atoms with E-state index in [2.05, 4.69) is 10.4 Å². The van der Waals surface area contributed by atoms with Gasteiger partial charge in [0.25, 0.3) is 0 Å². The van der Waals surface area contributed by atoms with E-state index < -0.39 is 9.84 Å². The van der Waals surface area contributed by atoms with Gasteiger partial charge in [0.1, 0.15) is 0 Å². The van der Waals surface area contributed by atoms with E-state index in [0.29, 0.717) is 23.5 Å². The molecule has 108 valence electrons. The van der Waals surface area contributed by atoms with Crippen LogP contribution in [0.15, 0.2) is 12.4 Å². The Morgan fingerprint density at radius 3 is 2.89 bits per heavy atom. The zero-order chi connectivity index (χ0) is 13.9. The summed E-state index contributed by atoms with van der Waals surface area (Å²) in [5.41, 5.74) is 1.24. The molecule has 2 heterocycles. The third kappa shape index (κ3) is 4.31. The molecule has 0 spiro atoms. The Balaban J connectivity index is 1.80. The van der Waals surface area contributed by atoms with Crippen LogP contribution >= 0.6 is 0 Å². The van der Waals surface area contributed by atoms with E-state index in [1.165, 1.54) is 5.56 Å². The predicted molar refractivity (Wildman–Crippen MR) is 75.8 cm³/mol. The van der Waals surface area contributed by atoms with Crippen LogP contribution in [0.4, 0.5) is 0 Å². The Hall–Kier alpha value is -0.880. The summed E-state index contributed by atoms with van der Waals surface area (Å²) in [7, 11) is 1.12. The average molecular weight is 285 g/mol. The zero-order valence-electron chi connectivity index (χ0n) is 11.7. The Kier molecular flexibility index (Phi) is 4.62. The third-order valence-electron chi connectivity index (χ3n) is 3.89. The number of aryl methyl sites for hydroxylation is 2. The lowest BCUT2D eigenvalue weighted by molar-refractivity contribution is 0.407. The quantitative estimate of drug-likeness (QED) is 0.838. The van der Waals surface area contributed by atoms with Gasteiger partial charge in [0.05, 0.1) is 17.7 Å². The van der Waals surface area contributed by atoms with Crippen LogP contribution in [0, 0.1) is 5.92 Å². The summed E-state index contributed by atoms with van der Waals surface area (Å²) in [5.74, 6) is 1.07. The molecule has 2 unspecified atom stereocenters. The van der Waals surface area contributed by atoms with Gasteiger partial charge in [-0.15, -0.1) is 0 Å². The number of hydrogen-bond donors (Lipinski definition) is 1. The van der Waals surface area contributed by atoms with E-state index in [4.69, 9.17) is 0 Å². The van der Waals surface area contributed by atoms with Crippen LogP contribution in [0.25, 0.3) is 0 Å². The molecule has 5 nitrogen and oxygen atoms in total. The third-order valence-corrected chi connectivity index (χ3v) is 5.73. The minimum atomic E-state index is -2.75. The topological polar surface area (TPSA) is 64.0 Å². The maximum absolute atomic E-state index is 11.5. The van der Waals surface area contributed by atoms with E-state index in [1.807, 2.05) is 31.2 Å². The first-order valence-electron chi connectivity index (χ1n) is 6.84. The van der Waals surface area contributed by atoms with Gasteiger partial charge < -0.3 is 5.32 Å². The highest BCUT2D eigenvalue weighted by Crippen LogP contribution is 2.24. The van der Waals surface area contributed by atoms with Crippen LogP contribution < -0.4 is 5.32 Å². The summed E-state index contributed by atoms with van der Waals surface area (Å²) < 4.78 is 24.7. The predicted octanol–water partition coefficient (Wildman–Crippen LogP) is 0.765. The Morgan fingerprint density at radius 1 is 1.58 bits per heavy atom. The summed E-state index contributed by atoms with van der Waals surface area (Å²) in [5, 5.41) is 7.47. The second kappa shape index (κ2) is 6.05. The molecule has 1 aliphatic rings. The lowest BCUT2D eigenvalue weighted by Gasteiger charge is -2.19. The fraction of sp³-hybridized carbons (Fsp3) is 0.769. The molecule has 0 aromatic carbocycles. The molecule has 0 amide bonds. The molecule has 2 atom stereocenters. The minimum absolute atomic E-state index is 0.330. The highest BCUT2D eigenvalue weighted by atomic mass is 32.2. The number of aromatic nitrogens is 2. The first kappa shape index (κ1) is 14.5. The van der Waals surface area contributed by atoms with E-state index >= 15 is 0 Å². The van der Waals surface area contributed by atoms with Gasteiger partial charge in [-0.2, -0.15) is 5.10 Å². The molecule has 0 radical (unpaired) electrons. The Bertz CT molecular complexity index is 510. The molecule has 1 aliphatic heterocycles. The molecule has 6 heteroatoms. The van der Waals surface area contributed by atoms with Crippen molar-refractivity contribution < 1.29 is 8.42 Å². The van der Waals surface area contributed by atoms with Crippen molar-refractivity contribution in [3.05, 3.63) is 18.0 Å². The van der Waals surface area contributed by atoms with Gasteiger partial charge >= 0.3 is 0 Å². The SMILES string of the molecule is CNC(CCc1cnn(C)c1)CC1CCS(=O)(=O)C1. The van der Waals surface area contributed by atoms with Gasteiger partial charge in [0.2, 0.25) is 0 Å². The molecule has 1 aromatic rings. The molecular weight excluding hydrogens is 262 g/mol. The molecular formula is C13H23N3O2S. The van der Waals surface area contributed by atoms with Crippen molar-refractivity contribution in [2.45, 2.75) is 31.7 Å². The van der Waals surface area contributed by atoms with Crippen molar-refractivity contribution in [3.8, 4) is 0 Å². The van der Waals surface area contributed by atoms with Crippen LogP contribution in [-0.4, -0.2) is 42.8 Å². The van der Waals surface area contributed by atoms with E-state index in [1.54, 1.807) is 0 Å². The van der Waals surface area contributed by atoms with Crippen LogP contribution in [0.1, 0.15) is 24.8 Å². The smallest absolute Gasteiger partial charge is 0.150 e. The molecule has 0 bridgehead atoms. The highest BCUT2D eigenvalue weighted by molar-refractivity contribution is 7.91. The maximum Gasteiger partial charge on any atom is 0.150 e. The Morgan fingerprint density at radius 2 is 2.37 bits per heavy atom. The minimum Gasteiger partial charge on any atom is -0.317 e. The van der Waals surface area contributed by atoms with Crippen molar-refractivity contribution in [1.29, 1.82) is 0 Å². The van der Waals surface area contributed by atoms with Gasteiger partial charge in [-0.05, 0) is 44.2 Å². The largest absolute Gasteiger partial charge is 0.317 e. The van der Waals surface area contributed by atoms with Gasteiger partial charge in [-0.25, -0.2) is 8.42 Å². The average Bonchev–Trinajstić information content (AvgIpc) is 2.90. The second-order valence-corrected chi connectivity index (χ2v) is 7.78. The summed E-state index contributed by atoms with van der Waals surface area (Å²) in [6.45, 7) is 0. The van der Waals surface area contributed by atoms with E-state index in [0.717, 1.165) is 25.7 Å². The Labute approximate surface area is 115 Å². The molecule has 1 saturated heterocycles. The molecule has 0 aliphatic carbocycles. The van der Waals surface area contributed by atoms with Gasteiger partial charge in [0, 0.05) is 19.3 Å². The lowest BCUT2D eigenvalue weighted by atomic mass is 9.95. The summed E-state index contributed by atoms with van der Waals surface area (Å²) >= 11 is 0. The van der Waals surface area contributed by atoms with Crippen molar-refractivity contribution in [3.63, 3.8) is 0 Å². The second-order valence-electron chi connectivity index (χ2n) is 5.55.